The van der Waals surface area contributed by atoms with E-state index in [9.17, 15) is 4.79 Å². The molecule has 0 atom stereocenters. The number of guanidine groups is 1. The molecular formula is C16H31IN4O3. The maximum atomic E-state index is 12.0. The molecule has 2 aliphatic rings. The van der Waals surface area contributed by atoms with E-state index in [4.69, 9.17) is 15.2 Å². The second-order valence-corrected chi connectivity index (χ2v) is 7.21. The van der Waals surface area contributed by atoms with Crippen LogP contribution in [0.2, 0.25) is 0 Å². The Morgan fingerprint density at radius 3 is 2.25 bits per heavy atom. The van der Waals surface area contributed by atoms with Crippen molar-refractivity contribution in [2.45, 2.75) is 39.2 Å². The zero-order chi connectivity index (χ0) is 16.9. The van der Waals surface area contributed by atoms with Gasteiger partial charge in [0, 0.05) is 45.9 Å². The van der Waals surface area contributed by atoms with Crippen molar-refractivity contribution in [1.29, 1.82) is 0 Å². The average molecular weight is 454 g/mol. The zero-order valence-corrected chi connectivity index (χ0v) is 17.3. The highest BCUT2D eigenvalue weighted by molar-refractivity contribution is 14.0. The molecule has 0 aromatic rings. The number of carbonyl (C=O) groups is 1. The number of nitrogens with two attached hydrogens (primary N) is 1. The van der Waals surface area contributed by atoms with Crippen LogP contribution in [0, 0.1) is 5.92 Å². The molecule has 140 valence electrons. The molecule has 2 saturated heterocycles. The van der Waals surface area contributed by atoms with Gasteiger partial charge in [-0.25, -0.2) is 4.79 Å². The first-order chi connectivity index (χ1) is 10.8. The summed E-state index contributed by atoms with van der Waals surface area (Å²) in [6.45, 7) is 10.7. The lowest BCUT2D eigenvalue weighted by molar-refractivity contribution is 0.0186. The summed E-state index contributed by atoms with van der Waals surface area (Å²) in [5.41, 5.74) is 5.64. The predicted octanol–water partition coefficient (Wildman–Crippen LogP) is 1.90. The molecule has 2 heterocycles. The van der Waals surface area contributed by atoms with Crippen LogP contribution in [0.25, 0.3) is 0 Å². The van der Waals surface area contributed by atoms with E-state index in [1.807, 2.05) is 25.7 Å². The van der Waals surface area contributed by atoms with Gasteiger partial charge in [0.25, 0.3) is 0 Å². The van der Waals surface area contributed by atoms with Crippen LogP contribution in [0.5, 0.6) is 0 Å². The number of aliphatic imine (C=N–C) groups is 1. The van der Waals surface area contributed by atoms with Crippen LogP contribution in [0.15, 0.2) is 4.99 Å². The Balaban J connectivity index is 0.00000288. The predicted molar refractivity (Wildman–Crippen MR) is 105 cm³/mol. The van der Waals surface area contributed by atoms with Crippen molar-refractivity contribution in [3.63, 3.8) is 0 Å². The summed E-state index contributed by atoms with van der Waals surface area (Å²) >= 11 is 0. The number of hydrogen-bond acceptors (Lipinski definition) is 4. The lowest BCUT2D eigenvalue weighted by Gasteiger charge is -2.36. The molecule has 0 aromatic carbocycles. The molecule has 0 radical (unpaired) electrons. The Hall–Kier alpha value is -0.770. The Bertz CT molecular complexity index is 426. The number of nitrogens with zero attached hydrogens (tertiary/aromatic N) is 3. The van der Waals surface area contributed by atoms with E-state index in [1.54, 1.807) is 4.90 Å². The molecule has 24 heavy (non-hydrogen) atoms. The van der Waals surface area contributed by atoms with Gasteiger partial charge >= 0.3 is 6.09 Å². The van der Waals surface area contributed by atoms with Gasteiger partial charge in [-0.15, -0.1) is 24.0 Å². The molecule has 0 saturated carbocycles. The monoisotopic (exact) mass is 454 g/mol. The number of ether oxygens (including phenoxy) is 2. The third kappa shape index (κ3) is 7.00. The Morgan fingerprint density at radius 1 is 1.17 bits per heavy atom. The van der Waals surface area contributed by atoms with Crippen molar-refractivity contribution in [2.75, 3.05) is 45.9 Å². The van der Waals surface area contributed by atoms with Crippen LogP contribution in [-0.4, -0.2) is 73.4 Å². The number of rotatable bonds is 2. The van der Waals surface area contributed by atoms with Crippen molar-refractivity contribution in [3.8, 4) is 0 Å². The van der Waals surface area contributed by atoms with Gasteiger partial charge in [0.15, 0.2) is 5.96 Å². The van der Waals surface area contributed by atoms with Gasteiger partial charge in [0.05, 0.1) is 0 Å². The van der Waals surface area contributed by atoms with Gasteiger partial charge in [-0.3, -0.25) is 4.99 Å². The SMILES string of the molecule is CC(C)(C)OC(=O)N1CCN(C(N)=NCC2CCOCC2)CC1.I. The van der Waals surface area contributed by atoms with E-state index in [0.717, 1.165) is 32.6 Å². The van der Waals surface area contributed by atoms with Crippen LogP contribution in [0.4, 0.5) is 4.79 Å². The number of piperazine rings is 1. The number of hydrogen-bond donors (Lipinski definition) is 1. The maximum absolute atomic E-state index is 12.0. The van der Waals surface area contributed by atoms with Crippen molar-refractivity contribution in [2.24, 2.45) is 16.6 Å². The molecule has 0 spiro atoms. The van der Waals surface area contributed by atoms with Crippen LogP contribution in [0.3, 0.4) is 0 Å². The van der Waals surface area contributed by atoms with Crippen LogP contribution >= 0.6 is 24.0 Å². The van der Waals surface area contributed by atoms with Gasteiger partial charge in [0.1, 0.15) is 5.60 Å². The third-order valence-corrected chi connectivity index (χ3v) is 4.11. The van der Waals surface area contributed by atoms with Crippen LogP contribution < -0.4 is 5.73 Å². The maximum Gasteiger partial charge on any atom is 0.410 e. The molecular weight excluding hydrogens is 423 g/mol. The highest BCUT2D eigenvalue weighted by atomic mass is 127. The lowest BCUT2D eigenvalue weighted by atomic mass is 10.0. The van der Waals surface area contributed by atoms with Crippen molar-refractivity contribution in [1.82, 2.24) is 9.80 Å². The zero-order valence-electron chi connectivity index (χ0n) is 15.0. The number of amides is 1. The van der Waals surface area contributed by atoms with Crippen LogP contribution in [0.1, 0.15) is 33.6 Å². The van der Waals surface area contributed by atoms with E-state index in [0.29, 0.717) is 38.1 Å². The second-order valence-electron chi connectivity index (χ2n) is 7.21. The molecule has 2 aliphatic heterocycles. The minimum atomic E-state index is -0.460. The molecule has 2 N–H and O–H groups in total. The standard InChI is InChI=1S/C16H30N4O3.HI/c1-16(2,3)23-15(21)20-8-6-19(7-9-20)14(17)18-12-13-4-10-22-11-5-13;/h13H,4-12H2,1-3H3,(H2,17,18);1H. The lowest BCUT2D eigenvalue weighted by Crippen LogP contribution is -2.53. The molecule has 0 aliphatic carbocycles. The minimum Gasteiger partial charge on any atom is -0.444 e. The third-order valence-electron chi connectivity index (χ3n) is 4.11. The first-order valence-electron chi connectivity index (χ1n) is 8.46. The molecule has 7 nitrogen and oxygen atoms in total. The molecule has 2 rings (SSSR count). The van der Waals surface area contributed by atoms with E-state index in [-0.39, 0.29) is 30.1 Å². The molecule has 0 aromatic heterocycles. The summed E-state index contributed by atoms with van der Waals surface area (Å²) in [6, 6.07) is 0. The molecule has 0 unspecified atom stereocenters. The number of halogens is 1. The normalized spacial score (nSPS) is 20.5. The van der Waals surface area contributed by atoms with Gasteiger partial charge < -0.3 is 25.0 Å². The van der Waals surface area contributed by atoms with E-state index < -0.39 is 5.60 Å². The van der Waals surface area contributed by atoms with E-state index in [1.165, 1.54) is 0 Å². The fourth-order valence-electron chi connectivity index (χ4n) is 2.70. The fraction of sp³-hybridized carbons (Fsp3) is 0.875. The van der Waals surface area contributed by atoms with E-state index in [2.05, 4.69) is 4.99 Å². The fourth-order valence-corrected chi connectivity index (χ4v) is 2.70. The highest BCUT2D eigenvalue weighted by Crippen LogP contribution is 2.15. The summed E-state index contributed by atoms with van der Waals surface area (Å²) in [4.78, 5) is 20.3. The van der Waals surface area contributed by atoms with Gasteiger partial charge in [-0.1, -0.05) is 0 Å². The molecule has 1 amide bonds. The Morgan fingerprint density at radius 2 is 1.71 bits per heavy atom. The number of carbonyl (C=O) groups excluding carboxylic acids is 1. The highest BCUT2D eigenvalue weighted by Gasteiger charge is 2.26. The van der Waals surface area contributed by atoms with Crippen molar-refractivity contribution < 1.29 is 14.3 Å². The Labute approximate surface area is 161 Å². The first kappa shape index (κ1) is 21.3. The smallest absolute Gasteiger partial charge is 0.410 e. The first-order valence-corrected chi connectivity index (χ1v) is 8.46. The second kappa shape index (κ2) is 9.65. The van der Waals surface area contributed by atoms with Crippen molar-refractivity contribution in [3.05, 3.63) is 0 Å². The summed E-state index contributed by atoms with van der Waals surface area (Å²) in [5.74, 6) is 1.16. The summed E-state index contributed by atoms with van der Waals surface area (Å²) < 4.78 is 10.7. The average Bonchev–Trinajstić information content (AvgIpc) is 2.52. The molecule has 0 bridgehead atoms. The van der Waals surface area contributed by atoms with Gasteiger partial charge in [0.2, 0.25) is 0 Å². The van der Waals surface area contributed by atoms with Gasteiger partial charge in [-0.05, 0) is 39.5 Å². The topological polar surface area (TPSA) is 80.4 Å². The quantitative estimate of drug-likeness (QED) is 0.392. The summed E-state index contributed by atoms with van der Waals surface area (Å²) in [5, 5.41) is 0. The minimum absolute atomic E-state index is 0. The van der Waals surface area contributed by atoms with Crippen LogP contribution in [-0.2, 0) is 9.47 Å². The molecule has 2 fully saturated rings. The Kier molecular flexibility index (Phi) is 8.55. The van der Waals surface area contributed by atoms with E-state index >= 15 is 0 Å². The summed E-state index contributed by atoms with van der Waals surface area (Å²) in [7, 11) is 0. The largest absolute Gasteiger partial charge is 0.444 e. The van der Waals surface area contributed by atoms with Crippen molar-refractivity contribution >= 4 is 36.0 Å². The van der Waals surface area contributed by atoms with Gasteiger partial charge in [-0.2, -0.15) is 0 Å². The summed E-state index contributed by atoms with van der Waals surface area (Å²) in [6.07, 6.45) is 1.86. The molecule has 8 heteroatoms.